The molecule has 0 aliphatic heterocycles. The first-order chi connectivity index (χ1) is 14.6. The smallest absolute Gasteiger partial charge is 0.244 e. The second-order valence-corrected chi connectivity index (χ2v) is 9.56. The molecule has 1 atom stereocenters. The van der Waals surface area contributed by atoms with Crippen LogP contribution in [0.3, 0.4) is 0 Å². The minimum absolute atomic E-state index is 0.206. The van der Waals surface area contributed by atoms with Crippen LogP contribution >= 0.6 is 0 Å². The topological polar surface area (TPSA) is 86.8 Å². The summed E-state index contributed by atoms with van der Waals surface area (Å²) < 4.78 is 26.0. The lowest BCUT2D eigenvalue weighted by atomic mass is 10.1. The third-order valence-corrected chi connectivity index (χ3v) is 6.21. The van der Waals surface area contributed by atoms with Crippen LogP contribution in [0.25, 0.3) is 0 Å². The molecule has 2 rings (SSSR count). The molecule has 0 bridgehead atoms. The van der Waals surface area contributed by atoms with Crippen LogP contribution in [0, 0.1) is 13.8 Å². The van der Waals surface area contributed by atoms with E-state index in [4.69, 9.17) is 0 Å². The van der Waals surface area contributed by atoms with Gasteiger partial charge < -0.3 is 10.2 Å². The van der Waals surface area contributed by atoms with Gasteiger partial charge in [-0.1, -0.05) is 54.4 Å². The van der Waals surface area contributed by atoms with E-state index in [2.05, 4.69) is 5.32 Å². The number of sulfonamides is 1. The first-order valence-corrected chi connectivity index (χ1v) is 12.0. The van der Waals surface area contributed by atoms with Gasteiger partial charge >= 0.3 is 0 Å². The molecule has 0 fully saturated rings. The van der Waals surface area contributed by atoms with Crippen LogP contribution in [0.15, 0.2) is 48.5 Å². The van der Waals surface area contributed by atoms with Crippen molar-refractivity contribution in [3.63, 3.8) is 0 Å². The maximum Gasteiger partial charge on any atom is 0.244 e. The van der Waals surface area contributed by atoms with Gasteiger partial charge in [-0.15, -0.1) is 0 Å². The van der Waals surface area contributed by atoms with E-state index >= 15 is 0 Å². The maximum absolute atomic E-state index is 13.4. The van der Waals surface area contributed by atoms with E-state index in [0.717, 1.165) is 27.3 Å². The lowest BCUT2D eigenvalue weighted by Crippen LogP contribution is -2.51. The van der Waals surface area contributed by atoms with E-state index in [1.807, 2.05) is 45.0 Å². The molecule has 0 radical (unpaired) electrons. The molecule has 0 saturated heterocycles. The van der Waals surface area contributed by atoms with Crippen molar-refractivity contribution in [2.45, 2.75) is 39.8 Å². The van der Waals surface area contributed by atoms with Crippen molar-refractivity contribution in [3.05, 3.63) is 65.2 Å². The summed E-state index contributed by atoms with van der Waals surface area (Å²) in [7, 11) is -2.19. The Morgan fingerprint density at radius 3 is 2.19 bits per heavy atom. The van der Waals surface area contributed by atoms with E-state index in [9.17, 15) is 18.0 Å². The number of benzene rings is 2. The summed E-state index contributed by atoms with van der Waals surface area (Å²) >= 11 is 0. The van der Waals surface area contributed by atoms with Gasteiger partial charge in [0.05, 0.1) is 11.9 Å². The summed E-state index contributed by atoms with van der Waals surface area (Å²) in [5, 5.41) is 2.61. The summed E-state index contributed by atoms with van der Waals surface area (Å²) in [6.07, 6.45) is 1.47. The van der Waals surface area contributed by atoms with Crippen molar-refractivity contribution >= 4 is 27.5 Å². The first-order valence-electron chi connectivity index (χ1n) is 10.2. The van der Waals surface area contributed by atoms with Crippen LogP contribution in [-0.4, -0.2) is 51.0 Å². The number of amides is 2. The van der Waals surface area contributed by atoms with Crippen molar-refractivity contribution in [2.24, 2.45) is 0 Å². The van der Waals surface area contributed by atoms with Gasteiger partial charge in [-0.2, -0.15) is 0 Å². The molecule has 2 aromatic rings. The number of rotatable bonds is 9. The zero-order valence-corrected chi connectivity index (χ0v) is 19.6. The van der Waals surface area contributed by atoms with Crippen molar-refractivity contribution < 1.29 is 18.0 Å². The molecule has 2 aromatic carbocycles. The predicted molar refractivity (Wildman–Crippen MR) is 123 cm³/mol. The zero-order chi connectivity index (χ0) is 23.2. The molecule has 0 aliphatic carbocycles. The van der Waals surface area contributed by atoms with E-state index in [0.29, 0.717) is 12.1 Å². The van der Waals surface area contributed by atoms with Gasteiger partial charge in [0.1, 0.15) is 12.6 Å². The number of hydrogen-bond acceptors (Lipinski definition) is 4. The average molecular weight is 446 g/mol. The van der Waals surface area contributed by atoms with E-state index < -0.39 is 22.0 Å². The normalized spacial score (nSPS) is 12.2. The van der Waals surface area contributed by atoms with Crippen LogP contribution in [-0.2, 0) is 26.2 Å². The summed E-state index contributed by atoms with van der Waals surface area (Å²) in [5.41, 5.74) is 3.30. The Labute approximate surface area is 185 Å². The Hall–Kier alpha value is -2.87. The number of carbonyl (C=O) groups excluding carboxylic acids is 2. The number of nitrogens with one attached hydrogen (secondary N) is 1. The number of carbonyl (C=O) groups is 2. The highest BCUT2D eigenvalue weighted by atomic mass is 32.2. The number of likely N-dealkylation sites (N-methyl/N-ethyl adjacent to an activating group) is 1. The molecule has 8 heteroatoms. The predicted octanol–water partition coefficient (Wildman–Crippen LogP) is 2.62. The molecule has 0 spiro atoms. The minimum atomic E-state index is -3.71. The Bertz CT molecular complexity index is 1020. The summed E-state index contributed by atoms with van der Waals surface area (Å²) in [5.74, 6) is -0.729. The molecule has 31 heavy (non-hydrogen) atoms. The lowest BCUT2D eigenvalue weighted by molar-refractivity contribution is -0.140. The Morgan fingerprint density at radius 1 is 1.03 bits per heavy atom. The number of aryl methyl sites for hydroxylation is 2. The van der Waals surface area contributed by atoms with Crippen LogP contribution < -0.4 is 9.62 Å². The molecule has 2 amide bonds. The summed E-state index contributed by atoms with van der Waals surface area (Å²) in [6, 6.07) is 13.9. The Morgan fingerprint density at radius 2 is 1.68 bits per heavy atom. The SMILES string of the molecule is CC[C@H](C(=O)NC)N(Cc1cccc(C)c1)C(=O)CN(c1ccc(C)cc1)S(C)(=O)=O. The van der Waals surface area contributed by atoms with Crippen molar-refractivity contribution in [1.82, 2.24) is 10.2 Å². The third kappa shape index (κ3) is 6.55. The van der Waals surface area contributed by atoms with Gasteiger partial charge in [0.15, 0.2) is 0 Å². The van der Waals surface area contributed by atoms with Crippen LogP contribution in [0.1, 0.15) is 30.0 Å². The van der Waals surface area contributed by atoms with Crippen LogP contribution in [0.4, 0.5) is 5.69 Å². The molecule has 0 aromatic heterocycles. The molecular weight excluding hydrogens is 414 g/mol. The second-order valence-electron chi connectivity index (χ2n) is 7.65. The largest absolute Gasteiger partial charge is 0.357 e. The maximum atomic E-state index is 13.4. The molecular formula is C23H31N3O4S. The highest BCUT2D eigenvalue weighted by molar-refractivity contribution is 7.92. The highest BCUT2D eigenvalue weighted by Crippen LogP contribution is 2.20. The zero-order valence-electron chi connectivity index (χ0n) is 18.8. The average Bonchev–Trinajstić information content (AvgIpc) is 2.71. The van der Waals surface area contributed by atoms with Gasteiger partial charge in [0.25, 0.3) is 0 Å². The second kappa shape index (κ2) is 10.4. The molecule has 168 valence electrons. The van der Waals surface area contributed by atoms with Gasteiger partial charge in [0.2, 0.25) is 21.8 Å². The van der Waals surface area contributed by atoms with Crippen LogP contribution in [0.5, 0.6) is 0 Å². The molecule has 0 unspecified atom stereocenters. The van der Waals surface area contributed by atoms with Gasteiger partial charge in [-0.25, -0.2) is 8.42 Å². The Balaban J connectivity index is 2.41. The molecule has 7 nitrogen and oxygen atoms in total. The fourth-order valence-corrected chi connectivity index (χ4v) is 4.27. The van der Waals surface area contributed by atoms with Crippen molar-refractivity contribution in [3.8, 4) is 0 Å². The van der Waals surface area contributed by atoms with E-state index in [1.54, 1.807) is 24.3 Å². The quantitative estimate of drug-likeness (QED) is 0.643. The summed E-state index contributed by atoms with van der Waals surface area (Å²) in [6.45, 7) is 5.50. The Kier molecular flexibility index (Phi) is 8.21. The van der Waals surface area contributed by atoms with E-state index in [-0.39, 0.29) is 19.0 Å². The van der Waals surface area contributed by atoms with Gasteiger partial charge in [0, 0.05) is 13.6 Å². The van der Waals surface area contributed by atoms with Gasteiger partial charge in [-0.05, 0) is 38.0 Å². The first kappa shape index (κ1) is 24.4. The summed E-state index contributed by atoms with van der Waals surface area (Å²) in [4.78, 5) is 27.3. The number of anilines is 1. The van der Waals surface area contributed by atoms with Crippen molar-refractivity contribution in [2.75, 3.05) is 24.2 Å². The monoisotopic (exact) mass is 445 g/mol. The van der Waals surface area contributed by atoms with Crippen LogP contribution in [0.2, 0.25) is 0 Å². The fraction of sp³-hybridized carbons (Fsp3) is 0.391. The highest BCUT2D eigenvalue weighted by Gasteiger charge is 2.31. The van der Waals surface area contributed by atoms with Crippen molar-refractivity contribution in [1.29, 1.82) is 0 Å². The fourth-order valence-electron chi connectivity index (χ4n) is 3.42. The molecule has 0 aliphatic rings. The minimum Gasteiger partial charge on any atom is -0.357 e. The number of hydrogen-bond donors (Lipinski definition) is 1. The molecule has 0 heterocycles. The van der Waals surface area contributed by atoms with E-state index in [1.165, 1.54) is 11.9 Å². The third-order valence-electron chi connectivity index (χ3n) is 5.07. The van der Waals surface area contributed by atoms with Gasteiger partial charge in [-0.3, -0.25) is 13.9 Å². The molecule has 1 N–H and O–H groups in total. The standard InChI is InChI=1S/C23H31N3O4S/c1-6-21(23(28)24-4)25(15-19-9-7-8-18(3)14-19)22(27)16-26(31(5,29)30)20-12-10-17(2)11-13-20/h7-14,21H,6,15-16H2,1-5H3,(H,24,28)/t21-/m1/s1. The lowest BCUT2D eigenvalue weighted by Gasteiger charge is -2.32. The molecule has 0 saturated carbocycles. The number of nitrogens with zero attached hydrogens (tertiary/aromatic N) is 2.